The van der Waals surface area contributed by atoms with Gasteiger partial charge in [0, 0.05) is 23.4 Å². The zero-order valence-electron chi connectivity index (χ0n) is 12.0. The van der Waals surface area contributed by atoms with E-state index in [2.05, 4.69) is 0 Å². The number of non-ortho nitro benzene ring substituents is 1. The largest absolute Gasteiger partial charge is 0.394 e. The summed E-state index contributed by atoms with van der Waals surface area (Å²) in [4.78, 5) is 10.2. The Morgan fingerprint density at radius 3 is 2.50 bits per heavy atom. The van der Waals surface area contributed by atoms with Crippen LogP contribution in [-0.4, -0.2) is 49.3 Å². The van der Waals surface area contributed by atoms with Crippen molar-refractivity contribution >= 4 is 15.5 Å². The Hall–Kier alpha value is -1.55. The van der Waals surface area contributed by atoms with Crippen molar-refractivity contribution in [2.45, 2.75) is 18.8 Å². The van der Waals surface area contributed by atoms with Crippen molar-refractivity contribution in [2.24, 2.45) is 0 Å². The number of ether oxygens (including phenoxy) is 2. The molecule has 1 aliphatic heterocycles. The molecule has 0 aliphatic carbocycles. The first kappa shape index (κ1) is 16.8. The van der Waals surface area contributed by atoms with E-state index in [-0.39, 0.29) is 24.7 Å². The van der Waals surface area contributed by atoms with Gasteiger partial charge in [-0.15, -0.1) is 0 Å². The van der Waals surface area contributed by atoms with Crippen molar-refractivity contribution < 1.29 is 27.9 Å². The first-order valence-corrected chi connectivity index (χ1v) is 8.52. The van der Waals surface area contributed by atoms with E-state index >= 15 is 0 Å². The second kappa shape index (κ2) is 6.29. The molecule has 0 unspecified atom stereocenters. The van der Waals surface area contributed by atoms with Gasteiger partial charge in [0.2, 0.25) is 5.79 Å². The summed E-state index contributed by atoms with van der Waals surface area (Å²) in [5, 5.41) is 19.9. The van der Waals surface area contributed by atoms with Gasteiger partial charge in [0.25, 0.3) is 5.69 Å². The van der Waals surface area contributed by atoms with Crippen LogP contribution in [0.15, 0.2) is 24.3 Å². The van der Waals surface area contributed by atoms with Crippen LogP contribution < -0.4 is 0 Å². The summed E-state index contributed by atoms with van der Waals surface area (Å²) in [5.41, 5.74) is 0.250. The second-order valence-electron chi connectivity index (χ2n) is 4.97. The molecule has 1 heterocycles. The molecule has 1 saturated heterocycles. The highest BCUT2D eigenvalue weighted by atomic mass is 32.2. The molecule has 0 amide bonds. The number of aliphatic hydroxyl groups is 1. The number of sulfone groups is 1. The van der Waals surface area contributed by atoms with Crippen LogP contribution in [0, 0.1) is 10.1 Å². The van der Waals surface area contributed by atoms with Crippen molar-refractivity contribution in [2.75, 3.05) is 24.7 Å². The molecular weight excluding hydrogens is 314 g/mol. The predicted octanol–water partition coefficient (Wildman–Crippen LogP) is 0.590. The lowest BCUT2D eigenvalue weighted by Crippen LogP contribution is -2.37. The van der Waals surface area contributed by atoms with Crippen molar-refractivity contribution in [3.05, 3.63) is 39.9 Å². The third kappa shape index (κ3) is 3.43. The second-order valence-corrected chi connectivity index (χ2v) is 7.32. The topological polar surface area (TPSA) is 116 Å². The molecule has 0 bridgehead atoms. The fourth-order valence-corrected chi connectivity index (χ4v) is 3.30. The standard InChI is InChI=1S/C13H17NO7S/c1-2-22(18,19)9-13(20-8-12(7-15)21-13)10-3-5-11(6-4-10)14(16)17/h3-6,12,15H,2,7-9H2,1H3/t12-,13-/m1/s1. The Bertz CT molecular complexity index is 643. The zero-order valence-corrected chi connectivity index (χ0v) is 12.8. The first-order valence-electron chi connectivity index (χ1n) is 6.70. The fraction of sp³-hybridized carbons (Fsp3) is 0.538. The van der Waals surface area contributed by atoms with E-state index in [1.807, 2.05) is 0 Å². The van der Waals surface area contributed by atoms with Crippen LogP contribution in [0.2, 0.25) is 0 Å². The Balaban J connectivity index is 2.38. The number of nitro benzene ring substituents is 1. The molecule has 1 aromatic carbocycles. The maximum absolute atomic E-state index is 12.0. The molecule has 0 radical (unpaired) electrons. The molecule has 2 rings (SSSR count). The molecule has 22 heavy (non-hydrogen) atoms. The summed E-state index contributed by atoms with van der Waals surface area (Å²) in [7, 11) is -3.43. The van der Waals surface area contributed by atoms with E-state index < -0.39 is 32.4 Å². The normalized spacial score (nSPS) is 25.3. The number of nitro groups is 1. The van der Waals surface area contributed by atoms with Gasteiger partial charge in [-0.05, 0) is 12.1 Å². The number of hydrogen-bond acceptors (Lipinski definition) is 7. The number of hydrogen-bond donors (Lipinski definition) is 1. The van der Waals surface area contributed by atoms with Crippen molar-refractivity contribution in [3.63, 3.8) is 0 Å². The molecule has 8 nitrogen and oxygen atoms in total. The molecule has 1 fully saturated rings. The molecule has 1 N–H and O–H groups in total. The maximum Gasteiger partial charge on any atom is 0.269 e. The zero-order chi connectivity index (χ0) is 16.4. The van der Waals surface area contributed by atoms with Gasteiger partial charge in [-0.1, -0.05) is 6.92 Å². The number of benzene rings is 1. The van der Waals surface area contributed by atoms with Gasteiger partial charge in [0.15, 0.2) is 9.84 Å². The Morgan fingerprint density at radius 1 is 1.41 bits per heavy atom. The lowest BCUT2D eigenvalue weighted by Gasteiger charge is -2.28. The molecule has 0 aromatic heterocycles. The van der Waals surface area contributed by atoms with Crippen LogP contribution in [0.5, 0.6) is 0 Å². The van der Waals surface area contributed by atoms with E-state index in [0.29, 0.717) is 5.56 Å². The van der Waals surface area contributed by atoms with Crippen LogP contribution >= 0.6 is 0 Å². The summed E-state index contributed by atoms with van der Waals surface area (Å²) in [5.74, 6) is -2.04. The molecule has 2 atom stereocenters. The van der Waals surface area contributed by atoms with Gasteiger partial charge in [0.1, 0.15) is 11.9 Å². The third-order valence-electron chi connectivity index (χ3n) is 3.43. The summed E-state index contributed by atoms with van der Waals surface area (Å²) in [6.45, 7) is 1.25. The average molecular weight is 331 g/mol. The lowest BCUT2D eigenvalue weighted by molar-refractivity contribution is -0.384. The highest BCUT2D eigenvalue weighted by molar-refractivity contribution is 7.91. The average Bonchev–Trinajstić information content (AvgIpc) is 2.91. The van der Waals surface area contributed by atoms with E-state index in [1.54, 1.807) is 0 Å². The highest BCUT2D eigenvalue weighted by Gasteiger charge is 2.46. The minimum absolute atomic E-state index is 0.0483. The van der Waals surface area contributed by atoms with Crippen LogP contribution in [0.25, 0.3) is 0 Å². The number of aliphatic hydroxyl groups excluding tert-OH is 1. The fourth-order valence-electron chi connectivity index (χ4n) is 2.19. The van der Waals surface area contributed by atoms with Crippen LogP contribution in [0.3, 0.4) is 0 Å². The molecule has 0 spiro atoms. The summed E-state index contributed by atoms with van der Waals surface area (Å²) >= 11 is 0. The summed E-state index contributed by atoms with van der Waals surface area (Å²) < 4.78 is 35.1. The van der Waals surface area contributed by atoms with Crippen molar-refractivity contribution in [3.8, 4) is 0 Å². The van der Waals surface area contributed by atoms with Gasteiger partial charge in [-0.25, -0.2) is 8.42 Å². The van der Waals surface area contributed by atoms with Crippen LogP contribution in [0.4, 0.5) is 5.69 Å². The quantitative estimate of drug-likeness (QED) is 0.599. The molecule has 122 valence electrons. The highest BCUT2D eigenvalue weighted by Crippen LogP contribution is 2.36. The maximum atomic E-state index is 12.0. The predicted molar refractivity (Wildman–Crippen MR) is 77.0 cm³/mol. The monoisotopic (exact) mass is 331 g/mol. The minimum Gasteiger partial charge on any atom is -0.394 e. The lowest BCUT2D eigenvalue weighted by atomic mass is 10.1. The van der Waals surface area contributed by atoms with E-state index in [1.165, 1.54) is 31.2 Å². The third-order valence-corrected chi connectivity index (χ3v) is 5.13. The Kier molecular flexibility index (Phi) is 4.81. The smallest absolute Gasteiger partial charge is 0.269 e. The number of nitrogens with zero attached hydrogens (tertiary/aromatic N) is 1. The van der Waals surface area contributed by atoms with Gasteiger partial charge in [-0.3, -0.25) is 10.1 Å². The molecule has 1 aliphatic rings. The summed E-state index contributed by atoms with van der Waals surface area (Å²) in [6.07, 6.45) is -0.637. The Morgan fingerprint density at radius 2 is 2.05 bits per heavy atom. The van der Waals surface area contributed by atoms with Gasteiger partial charge >= 0.3 is 0 Å². The summed E-state index contributed by atoms with van der Waals surface area (Å²) in [6, 6.07) is 5.33. The molecule has 9 heteroatoms. The van der Waals surface area contributed by atoms with E-state index in [9.17, 15) is 23.6 Å². The van der Waals surface area contributed by atoms with Gasteiger partial charge < -0.3 is 14.6 Å². The van der Waals surface area contributed by atoms with Crippen LogP contribution in [-0.2, 0) is 25.1 Å². The minimum atomic E-state index is -3.43. The first-order chi connectivity index (χ1) is 10.3. The molecule has 0 saturated carbocycles. The SMILES string of the molecule is CCS(=O)(=O)C[C@@]1(c2ccc([N+](=O)[O-])cc2)OC[C@@H](CO)O1. The van der Waals surface area contributed by atoms with Crippen molar-refractivity contribution in [1.82, 2.24) is 0 Å². The van der Waals surface area contributed by atoms with Crippen LogP contribution in [0.1, 0.15) is 12.5 Å². The van der Waals surface area contributed by atoms with Gasteiger partial charge in [0.05, 0.1) is 18.1 Å². The van der Waals surface area contributed by atoms with E-state index in [4.69, 9.17) is 9.47 Å². The van der Waals surface area contributed by atoms with Gasteiger partial charge in [-0.2, -0.15) is 0 Å². The van der Waals surface area contributed by atoms with E-state index in [0.717, 1.165) is 0 Å². The molecule has 1 aromatic rings. The Labute approximate surface area is 127 Å². The molecular formula is C13H17NO7S. The van der Waals surface area contributed by atoms with Crippen molar-refractivity contribution in [1.29, 1.82) is 0 Å². The number of rotatable bonds is 6.